The molecule has 0 saturated heterocycles. The number of nitrogens with one attached hydrogen (secondary N) is 2. The maximum atomic E-state index is 12.9. The normalized spacial score (nSPS) is 10.7. The van der Waals surface area contributed by atoms with Gasteiger partial charge < -0.3 is 25.4 Å². The number of ether oxygens (including phenoxy) is 1. The monoisotopic (exact) mass is 516 g/mol. The maximum Gasteiger partial charge on any atom is 0.246 e. The van der Waals surface area contributed by atoms with Crippen molar-refractivity contribution < 1.29 is 19.0 Å². The number of likely N-dealkylation sites (N-methyl/N-ethyl adjacent to an activating group) is 1. The molecule has 0 aliphatic rings. The van der Waals surface area contributed by atoms with E-state index in [-0.39, 0.29) is 48.0 Å². The molecule has 0 unspecified atom stereocenters. The standard InChI is InChI=1S/C20H25FN4O3.HI/c1-3-22-20(23-14-19(27)24-16-6-8-17(26)9-7-16)25(2)12-13-28-18-10-4-15(21)5-11-18;/h4-11,26H,3,12-14H2,1-2H3,(H,22,23)(H,24,27);1H. The van der Waals surface area contributed by atoms with Crippen molar-refractivity contribution in [2.45, 2.75) is 6.92 Å². The molecule has 0 aliphatic carbocycles. The van der Waals surface area contributed by atoms with Crippen molar-refractivity contribution in [1.29, 1.82) is 0 Å². The first kappa shape index (κ1) is 24.5. The number of anilines is 1. The Labute approximate surface area is 187 Å². The molecule has 0 bridgehead atoms. The summed E-state index contributed by atoms with van der Waals surface area (Å²) >= 11 is 0. The second-order valence-corrected chi connectivity index (χ2v) is 5.99. The fraction of sp³-hybridized carbons (Fsp3) is 0.300. The molecule has 0 aliphatic heterocycles. The molecule has 0 atom stereocenters. The summed E-state index contributed by atoms with van der Waals surface area (Å²) in [6.07, 6.45) is 0. The van der Waals surface area contributed by atoms with Crippen molar-refractivity contribution >= 4 is 41.5 Å². The highest BCUT2D eigenvalue weighted by Gasteiger charge is 2.08. The molecule has 29 heavy (non-hydrogen) atoms. The van der Waals surface area contributed by atoms with Crippen LogP contribution >= 0.6 is 24.0 Å². The topological polar surface area (TPSA) is 86.2 Å². The van der Waals surface area contributed by atoms with E-state index in [4.69, 9.17) is 4.74 Å². The predicted molar refractivity (Wildman–Crippen MR) is 123 cm³/mol. The summed E-state index contributed by atoms with van der Waals surface area (Å²) in [5, 5.41) is 15.1. The average Bonchev–Trinajstić information content (AvgIpc) is 2.68. The van der Waals surface area contributed by atoms with Crippen LogP contribution in [0.1, 0.15) is 6.92 Å². The third-order valence-corrected chi connectivity index (χ3v) is 3.73. The van der Waals surface area contributed by atoms with Crippen molar-refractivity contribution in [3.8, 4) is 11.5 Å². The Morgan fingerprint density at radius 2 is 1.83 bits per heavy atom. The number of hydrogen-bond donors (Lipinski definition) is 3. The molecule has 9 heteroatoms. The van der Waals surface area contributed by atoms with Gasteiger partial charge in [0.05, 0.1) is 6.54 Å². The van der Waals surface area contributed by atoms with Gasteiger partial charge in [0.15, 0.2) is 5.96 Å². The van der Waals surface area contributed by atoms with Gasteiger partial charge in [-0.1, -0.05) is 0 Å². The van der Waals surface area contributed by atoms with Gasteiger partial charge in [0.1, 0.15) is 30.5 Å². The van der Waals surface area contributed by atoms with Crippen molar-refractivity contribution in [1.82, 2.24) is 10.2 Å². The number of carbonyl (C=O) groups is 1. The van der Waals surface area contributed by atoms with Crippen LogP contribution in [-0.4, -0.2) is 55.2 Å². The number of aliphatic imine (C=N–C) groups is 1. The maximum absolute atomic E-state index is 12.9. The smallest absolute Gasteiger partial charge is 0.246 e. The number of carbonyl (C=O) groups excluding carboxylic acids is 1. The van der Waals surface area contributed by atoms with Gasteiger partial charge in [-0.25, -0.2) is 9.38 Å². The second-order valence-electron chi connectivity index (χ2n) is 5.99. The van der Waals surface area contributed by atoms with E-state index in [1.54, 1.807) is 24.3 Å². The van der Waals surface area contributed by atoms with Crippen LogP contribution in [0.25, 0.3) is 0 Å². The SMILES string of the molecule is CCNC(=NCC(=O)Nc1ccc(O)cc1)N(C)CCOc1ccc(F)cc1.I. The lowest BCUT2D eigenvalue weighted by Gasteiger charge is -2.22. The van der Waals surface area contributed by atoms with Crippen LogP contribution in [0.4, 0.5) is 10.1 Å². The van der Waals surface area contributed by atoms with Crippen LogP contribution in [0.5, 0.6) is 11.5 Å². The van der Waals surface area contributed by atoms with Gasteiger partial charge in [-0.05, 0) is 55.5 Å². The minimum absolute atomic E-state index is 0. The van der Waals surface area contributed by atoms with Crippen LogP contribution in [0.15, 0.2) is 53.5 Å². The first-order chi connectivity index (χ1) is 13.5. The number of phenolic OH excluding ortho intramolecular Hbond substituents is 1. The largest absolute Gasteiger partial charge is 0.508 e. The fourth-order valence-electron chi connectivity index (χ4n) is 2.30. The Kier molecular flexibility index (Phi) is 10.8. The van der Waals surface area contributed by atoms with Gasteiger partial charge in [0.2, 0.25) is 5.91 Å². The van der Waals surface area contributed by atoms with Gasteiger partial charge in [0, 0.05) is 19.3 Å². The van der Waals surface area contributed by atoms with E-state index < -0.39 is 0 Å². The van der Waals surface area contributed by atoms with Crippen molar-refractivity contribution in [2.75, 3.05) is 38.6 Å². The van der Waals surface area contributed by atoms with Gasteiger partial charge in [-0.3, -0.25) is 4.79 Å². The van der Waals surface area contributed by atoms with E-state index in [1.807, 2.05) is 18.9 Å². The summed E-state index contributed by atoms with van der Waals surface area (Å²) < 4.78 is 18.5. The van der Waals surface area contributed by atoms with Crippen LogP contribution in [0, 0.1) is 5.82 Å². The molecule has 0 aromatic heterocycles. The lowest BCUT2D eigenvalue weighted by molar-refractivity contribution is -0.114. The number of nitrogens with zero attached hydrogens (tertiary/aromatic N) is 2. The zero-order valence-corrected chi connectivity index (χ0v) is 18.7. The van der Waals surface area contributed by atoms with Crippen molar-refractivity contribution in [3.63, 3.8) is 0 Å². The Morgan fingerprint density at radius 1 is 1.17 bits per heavy atom. The summed E-state index contributed by atoms with van der Waals surface area (Å²) in [7, 11) is 1.84. The molecule has 2 aromatic rings. The van der Waals surface area contributed by atoms with E-state index in [9.17, 15) is 14.3 Å². The molecule has 2 aromatic carbocycles. The van der Waals surface area contributed by atoms with E-state index in [2.05, 4.69) is 15.6 Å². The molecule has 0 spiro atoms. The first-order valence-electron chi connectivity index (χ1n) is 8.94. The number of rotatable bonds is 8. The predicted octanol–water partition coefficient (Wildman–Crippen LogP) is 3.06. The molecule has 7 nitrogen and oxygen atoms in total. The third kappa shape index (κ3) is 8.99. The van der Waals surface area contributed by atoms with Gasteiger partial charge in [-0.2, -0.15) is 0 Å². The molecule has 0 radical (unpaired) electrons. The molecule has 0 heterocycles. The molecule has 2 rings (SSSR count). The van der Waals surface area contributed by atoms with E-state index in [0.29, 0.717) is 37.1 Å². The lowest BCUT2D eigenvalue weighted by atomic mass is 10.3. The molecule has 0 fully saturated rings. The van der Waals surface area contributed by atoms with Crippen LogP contribution in [0.3, 0.4) is 0 Å². The number of amides is 1. The highest BCUT2D eigenvalue weighted by molar-refractivity contribution is 14.0. The zero-order valence-electron chi connectivity index (χ0n) is 16.4. The number of aromatic hydroxyl groups is 1. The van der Waals surface area contributed by atoms with E-state index in [1.165, 1.54) is 24.3 Å². The van der Waals surface area contributed by atoms with Crippen molar-refractivity contribution in [2.24, 2.45) is 4.99 Å². The van der Waals surface area contributed by atoms with Crippen LogP contribution in [-0.2, 0) is 4.79 Å². The number of phenols is 1. The molecule has 158 valence electrons. The second kappa shape index (κ2) is 12.8. The minimum Gasteiger partial charge on any atom is -0.508 e. The fourth-order valence-corrected chi connectivity index (χ4v) is 2.30. The van der Waals surface area contributed by atoms with E-state index >= 15 is 0 Å². The van der Waals surface area contributed by atoms with Crippen LogP contribution < -0.4 is 15.4 Å². The number of halogens is 2. The van der Waals surface area contributed by atoms with Crippen LogP contribution in [0.2, 0.25) is 0 Å². The first-order valence-corrected chi connectivity index (χ1v) is 8.94. The highest BCUT2D eigenvalue weighted by Crippen LogP contribution is 2.13. The number of benzene rings is 2. The Bertz CT molecular complexity index is 785. The van der Waals surface area contributed by atoms with Gasteiger partial charge in [0.25, 0.3) is 0 Å². The summed E-state index contributed by atoms with van der Waals surface area (Å²) in [6.45, 7) is 3.46. The Morgan fingerprint density at radius 3 is 2.45 bits per heavy atom. The molecule has 1 amide bonds. The molecular formula is C20H26FIN4O3. The van der Waals surface area contributed by atoms with Crippen molar-refractivity contribution in [3.05, 3.63) is 54.3 Å². The van der Waals surface area contributed by atoms with Gasteiger partial charge >= 0.3 is 0 Å². The molecule has 3 N–H and O–H groups in total. The van der Waals surface area contributed by atoms with E-state index in [0.717, 1.165) is 0 Å². The highest BCUT2D eigenvalue weighted by atomic mass is 127. The minimum atomic E-state index is -0.309. The average molecular weight is 516 g/mol. The third-order valence-electron chi connectivity index (χ3n) is 3.73. The summed E-state index contributed by atoms with van der Waals surface area (Å²) in [4.78, 5) is 18.3. The molecular weight excluding hydrogens is 490 g/mol. The zero-order chi connectivity index (χ0) is 20.4. The Balaban J connectivity index is 0.00000420. The lowest BCUT2D eigenvalue weighted by Crippen LogP contribution is -2.41. The number of hydrogen-bond acceptors (Lipinski definition) is 4. The van der Waals surface area contributed by atoms with Gasteiger partial charge in [-0.15, -0.1) is 24.0 Å². The summed E-state index contributed by atoms with van der Waals surface area (Å²) in [5.74, 6) is 0.722. The summed E-state index contributed by atoms with van der Waals surface area (Å²) in [6, 6.07) is 12.1. The summed E-state index contributed by atoms with van der Waals surface area (Å²) in [5.41, 5.74) is 0.587. The molecule has 0 saturated carbocycles. The number of guanidine groups is 1. The Hall–Kier alpha value is -2.56. The quantitative estimate of drug-likeness (QED) is 0.218.